The van der Waals surface area contributed by atoms with Gasteiger partial charge in [0.2, 0.25) is 5.91 Å². The smallest absolute Gasteiger partial charge is 0.227 e. The van der Waals surface area contributed by atoms with Crippen LogP contribution < -0.4 is 4.74 Å². The van der Waals surface area contributed by atoms with Gasteiger partial charge >= 0.3 is 0 Å². The second-order valence-corrected chi connectivity index (χ2v) is 8.60. The van der Waals surface area contributed by atoms with Crippen LogP contribution in [0.3, 0.4) is 0 Å². The van der Waals surface area contributed by atoms with Crippen LogP contribution in [0.4, 0.5) is 0 Å². The molecule has 148 valence electrons. The van der Waals surface area contributed by atoms with Gasteiger partial charge in [0, 0.05) is 27.5 Å². The molecule has 2 aromatic carbocycles. The first-order valence-corrected chi connectivity index (χ1v) is 10.8. The van der Waals surface area contributed by atoms with E-state index in [1.54, 1.807) is 18.4 Å². The quantitative estimate of drug-likeness (QED) is 0.584. The number of fused-ring (bicyclic) bond motifs is 1. The summed E-state index contributed by atoms with van der Waals surface area (Å²) in [6.07, 6.45) is 4.42. The molecule has 1 aliphatic rings. The summed E-state index contributed by atoms with van der Waals surface area (Å²) in [6, 6.07) is 18.2. The van der Waals surface area contributed by atoms with Crippen LogP contribution in [-0.4, -0.2) is 30.5 Å². The van der Waals surface area contributed by atoms with Crippen LogP contribution in [0.25, 0.3) is 10.1 Å². The number of carbonyl (C=O) groups excluding carboxylic acids is 1. The molecule has 4 nitrogen and oxygen atoms in total. The van der Waals surface area contributed by atoms with Crippen molar-refractivity contribution in [2.45, 2.75) is 38.1 Å². The summed E-state index contributed by atoms with van der Waals surface area (Å²) < 4.78 is 6.77. The van der Waals surface area contributed by atoms with Crippen molar-refractivity contribution in [3.63, 3.8) is 0 Å². The lowest BCUT2D eigenvalue weighted by Gasteiger charge is -2.25. The van der Waals surface area contributed by atoms with Gasteiger partial charge in [-0.25, -0.2) is 0 Å². The van der Waals surface area contributed by atoms with Gasteiger partial charge in [0.05, 0.1) is 25.2 Å². The van der Waals surface area contributed by atoms with Gasteiger partial charge in [0.25, 0.3) is 0 Å². The number of hydrogen-bond donors (Lipinski definition) is 0. The Morgan fingerprint density at radius 2 is 2.10 bits per heavy atom. The number of thiophene rings is 1. The van der Waals surface area contributed by atoms with Crippen LogP contribution >= 0.6 is 11.3 Å². The number of amides is 1. The van der Waals surface area contributed by atoms with E-state index in [0.717, 1.165) is 53.6 Å². The number of nitriles is 1. The molecule has 1 aliphatic heterocycles. The van der Waals surface area contributed by atoms with Crippen molar-refractivity contribution in [3.05, 3.63) is 64.5 Å². The largest absolute Gasteiger partial charge is 0.495 e. The Hall–Kier alpha value is -2.84. The number of carbonyl (C=O) groups is 1. The molecule has 1 saturated heterocycles. The SMILES string of the molecule is COc1c(CC[C@@H]2CCCN2C(=O)Cc2ccccc2)sc2cc(C#N)ccc12. The van der Waals surface area contributed by atoms with E-state index in [9.17, 15) is 4.79 Å². The van der Waals surface area contributed by atoms with Crippen LogP contribution in [0, 0.1) is 11.3 Å². The molecule has 0 saturated carbocycles. The first-order valence-electron chi connectivity index (χ1n) is 10.0. The summed E-state index contributed by atoms with van der Waals surface area (Å²) in [5, 5.41) is 10.2. The molecule has 1 atom stereocenters. The number of rotatable bonds is 6. The summed E-state index contributed by atoms with van der Waals surface area (Å²) in [4.78, 5) is 16.1. The molecule has 3 aromatic rings. The Kier molecular flexibility index (Phi) is 5.82. The van der Waals surface area contributed by atoms with E-state index in [0.29, 0.717) is 12.0 Å². The van der Waals surface area contributed by atoms with Crippen molar-refractivity contribution in [1.82, 2.24) is 4.90 Å². The fourth-order valence-electron chi connectivity index (χ4n) is 4.22. The standard InChI is InChI=1S/C24H24N2O2S/c1-28-24-20-11-9-18(16-25)14-22(20)29-21(24)12-10-19-8-5-13-26(19)23(27)15-17-6-3-2-4-7-17/h2-4,6-7,9,11,14,19H,5,8,10,12-13,15H2,1H3/t19-/m0/s1. The number of aryl methyl sites for hydroxylation is 1. The molecular formula is C24H24N2O2S. The molecular weight excluding hydrogens is 380 g/mol. The highest BCUT2D eigenvalue weighted by Crippen LogP contribution is 2.39. The molecule has 1 aromatic heterocycles. The molecule has 0 bridgehead atoms. The zero-order valence-corrected chi connectivity index (χ0v) is 17.4. The van der Waals surface area contributed by atoms with Crippen LogP contribution in [0.15, 0.2) is 48.5 Å². The number of methoxy groups -OCH3 is 1. The lowest BCUT2D eigenvalue weighted by Crippen LogP contribution is -2.36. The van der Waals surface area contributed by atoms with Gasteiger partial charge in [0.15, 0.2) is 0 Å². The second kappa shape index (κ2) is 8.67. The third kappa shape index (κ3) is 4.13. The molecule has 0 radical (unpaired) electrons. The molecule has 0 spiro atoms. The molecule has 29 heavy (non-hydrogen) atoms. The highest BCUT2D eigenvalue weighted by Gasteiger charge is 2.29. The lowest BCUT2D eigenvalue weighted by molar-refractivity contribution is -0.131. The summed E-state index contributed by atoms with van der Waals surface area (Å²) in [7, 11) is 1.70. The van der Waals surface area contributed by atoms with Gasteiger partial charge in [-0.15, -0.1) is 11.3 Å². The zero-order chi connectivity index (χ0) is 20.2. The first-order chi connectivity index (χ1) is 14.2. The van der Waals surface area contributed by atoms with E-state index >= 15 is 0 Å². The molecule has 0 aliphatic carbocycles. The van der Waals surface area contributed by atoms with Gasteiger partial charge < -0.3 is 9.64 Å². The predicted octanol–water partition coefficient (Wildman–Crippen LogP) is 4.95. The van der Waals surface area contributed by atoms with Gasteiger partial charge in [-0.2, -0.15) is 5.26 Å². The number of hydrogen-bond acceptors (Lipinski definition) is 4. The van der Waals surface area contributed by atoms with Crippen LogP contribution in [0.2, 0.25) is 0 Å². The Labute approximate surface area is 175 Å². The predicted molar refractivity (Wildman–Crippen MR) is 116 cm³/mol. The molecule has 2 heterocycles. The Morgan fingerprint density at radius 1 is 1.28 bits per heavy atom. The van der Waals surface area contributed by atoms with E-state index in [4.69, 9.17) is 10.00 Å². The lowest BCUT2D eigenvalue weighted by atomic mass is 10.1. The highest BCUT2D eigenvalue weighted by molar-refractivity contribution is 7.19. The van der Waals surface area contributed by atoms with Crippen molar-refractivity contribution < 1.29 is 9.53 Å². The summed E-state index contributed by atoms with van der Waals surface area (Å²) >= 11 is 1.69. The van der Waals surface area contributed by atoms with E-state index in [1.165, 1.54) is 4.88 Å². The van der Waals surface area contributed by atoms with Gasteiger partial charge in [0.1, 0.15) is 5.75 Å². The Morgan fingerprint density at radius 3 is 2.86 bits per heavy atom. The summed E-state index contributed by atoms with van der Waals surface area (Å²) in [6.45, 7) is 0.853. The number of nitrogens with zero attached hydrogens (tertiary/aromatic N) is 2. The van der Waals surface area contributed by atoms with Crippen LogP contribution in [0.5, 0.6) is 5.75 Å². The van der Waals surface area contributed by atoms with Gasteiger partial charge in [-0.1, -0.05) is 30.3 Å². The minimum atomic E-state index is 0.223. The minimum Gasteiger partial charge on any atom is -0.495 e. The van der Waals surface area contributed by atoms with Crippen LogP contribution in [0.1, 0.15) is 35.3 Å². The molecule has 5 heteroatoms. The van der Waals surface area contributed by atoms with Gasteiger partial charge in [-0.3, -0.25) is 4.79 Å². The maximum absolute atomic E-state index is 12.8. The third-order valence-corrected chi connectivity index (χ3v) is 6.84. The Bertz CT molecular complexity index is 1050. The summed E-state index contributed by atoms with van der Waals surface area (Å²) in [5.41, 5.74) is 1.74. The van der Waals surface area contributed by atoms with Crippen molar-refractivity contribution in [2.75, 3.05) is 13.7 Å². The third-order valence-electron chi connectivity index (χ3n) is 5.65. The number of ether oxygens (including phenoxy) is 1. The molecule has 4 rings (SSSR count). The molecule has 1 fully saturated rings. The van der Waals surface area contributed by atoms with Gasteiger partial charge in [-0.05, 0) is 49.4 Å². The fourth-order valence-corrected chi connectivity index (χ4v) is 5.44. The fraction of sp³-hybridized carbons (Fsp3) is 0.333. The molecule has 0 N–H and O–H groups in total. The van der Waals surface area contributed by atoms with Crippen molar-refractivity contribution in [3.8, 4) is 11.8 Å². The minimum absolute atomic E-state index is 0.223. The topological polar surface area (TPSA) is 53.3 Å². The van der Waals surface area contributed by atoms with E-state index in [1.807, 2.05) is 48.5 Å². The average Bonchev–Trinajstić information content (AvgIpc) is 3.36. The number of likely N-dealkylation sites (tertiary alicyclic amines) is 1. The molecule has 1 amide bonds. The maximum atomic E-state index is 12.8. The normalized spacial score (nSPS) is 16.1. The van der Waals surface area contributed by atoms with E-state index in [-0.39, 0.29) is 11.9 Å². The van der Waals surface area contributed by atoms with Crippen LogP contribution in [-0.2, 0) is 17.6 Å². The zero-order valence-electron chi connectivity index (χ0n) is 16.6. The highest BCUT2D eigenvalue weighted by atomic mass is 32.1. The van der Waals surface area contributed by atoms with E-state index in [2.05, 4.69) is 11.0 Å². The van der Waals surface area contributed by atoms with Crippen molar-refractivity contribution >= 4 is 27.3 Å². The number of benzene rings is 2. The monoisotopic (exact) mass is 404 g/mol. The Balaban J connectivity index is 1.46. The summed E-state index contributed by atoms with van der Waals surface area (Å²) in [5.74, 6) is 1.13. The maximum Gasteiger partial charge on any atom is 0.227 e. The second-order valence-electron chi connectivity index (χ2n) is 7.47. The molecule has 0 unspecified atom stereocenters. The first kappa shape index (κ1) is 19.5. The average molecular weight is 405 g/mol. The van der Waals surface area contributed by atoms with Crippen molar-refractivity contribution in [2.24, 2.45) is 0 Å². The van der Waals surface area contributed by atoms with E-state index < -0.39 is 0 Å². The van der Waals surface area contributed by atoms with Crippen molar-refractivity contribution in [1.29, 1.82) is 5.26 Å².